The van der Waals surface area contributed by atoms with Crippen molar-refractivity contribution in [3.8, 4) is 5.75 Å². The van der Waals surface area contributed by atoms with Gasteiger partial charge in [-0.15, -0.1) is 23.2 Å². The van der Waals surface area contributed by atoms with E-state index in [4.69, 9.17) is 39.9 Å². The van der Waals surface area contributed by atoms with Crippen LogP contribution in [0.5, 0.6) is 5.75 Å². The monoisotopic (exact) mass is 568 g/mol. The summed E-state index contributed by atoms with van der Waals surface area (Å²) < 4.78 is 0. The molecule has 12 heteroatoms. The lowest BCUT2D eigenvalue weighted by molar-refractivity contribution is -0.142. The summed E-state index contributed by atoms with van der Waals surface area (Å²) in [5.41, 5.74) is 0.950. The maximum Gasteiger partial charge on any atom is 0.303 e. The second kappa shape index (κ2) is 8.71. The number of alkyl halides is 2. The van der Waals surface area contributed by atoms with Crippen molar-refractivity contribution in [1.82, 2.24) is 9.80 Å². The third-order valence-corrected chi connectivity index (χ3v) is 9.91. The summed E-state index contributed by atoms with van der Waals surface area (Å²) >= 11 is 20.6. The highest BCUT2D eigenvalue weighted by Crippen LogP contribution is 2.65. The molecule has 0 aromatic heterocycles. The number of aliphatic carboxylic acids is 1. The molecule has 1 aromatic rings. The Bertz CT molecular complexity index is 1300. The number of phenols is 1. The zero-order valence-electron chi connectivity index (χ0n) is 19.6. The standard InChI is InChI=1S/C25H23Cl3N2O7/c1-29-22(36)24(27)10-15-12(19(25(24,28)23(29)37)13-5-4-11(31)9-16(13)26)6-7-14-18(15)21(35)30(20(14)34)8-2-3-17(32)33/h4-6,9,14-15,18-19,31H,2-3,7-8,10H2,1H3,(H,32,33). The zero-order valence-corrected chi connectivity index (χ0v) is 21.9. The molecular formula is C25H23Cl3N2O7. The molecule has 0 bridgehead atoms. The first-order valence-electron chi connectivity index (χ1n) is 11.8. The van der Waals surface area contributed by atoms with Crippen LogP contribution in [0.3, 0.4) is 0 Å². The molecule has 2 aliphatic carbocycles. The van der Waals surface area contributed by atoms with Crippen molar-refractivity contribution in [3.05, 3.63) is 40.4 Å². The van der Waals surface area contributed by atoms with Gasteiger partial charge in [0.1, 0.15) is 5.75 Å². The van der Waals surface area contributed by atoms with Gasteiger partial charge in [-0.25, -0.2) is 0 Å². The van der Waals surface area contributed by atoms with Gasteiger partial charge in [0.05, 0.1) is 11.8 Å². The number of carbonyl (C=O) groups excluding carboxylic acids is 4. The molecule has 5 rings (SSSR count). The Morgan fingerprint density at radius 3 is 2.46 bits per heavy atom. The van der Waals surface area contributed by atoms with Crippen molar-refractivity contribution in [1.29, 1.82) is 0 Å². The number of carboxylic acid groups (broad SMARTS) is 1. The van der Waals surface area contributed by atoms with Crippen LogP contribution in [0.2, 0.25) is 5.02 Å². The molecule has 2 saturated heterocycles. The number of halogens is 3. The second-order valence-electron chi connectivity index (χ2n) is 10.0. The molecule has 37 heavy (non-hydrogen) atoms. The van der Waals surface area contributed by atoms with Gasteiger partial charge in [-0.05, 0) is 42.9 Å². The van der Waals surface area contributed by atoms with Gasteiger partial charge in [0.2, 0.25) is 11.8 Å². The average molecular weight is 570 g/mol. The van der Waals surface area contributed by atoms with Crippen LogP contribution in [0.1, 0.15) is 37.2 Å². The minimum atomic E-state index is -1.96. The van der Waals surface area contributed by atoms with Gasteiger partial charge in [-0.1, -0.05) is 29.3 Å². The molecule has 6 unspecified atom stereocenters. The van der Waals surface area contributed by atoms with Crippen LogP contribution >= 0.6 is 34.8 Å². The quantitative estimate of drug-likeness (QED) is 0.317. The van der Waals surface area contributed by atoms with E-state index in [1.807, 2.05) is 0 Å². The lowest BCUT2D eigenvalue weighted by Gasteiger charge is -2.51. The van der Waals surface area contributed by atoms with E-state index in [1.165, 1.54) is 25.2 Å². The number of amides is 4. The van der Waals surface area contributed by atoms with E-state index in [1.54, 1.807) is 6.08 Å². The lowest BCUT2D eigenvalue weighted by atomic mass is 9.56. The number of likely N-dealkylation sites (tertiary alicyclic amines) is 2. The Balaban J connectivity index is 1.63. The van der Waals surface area contributed by atoms with E-state index in [2.05, 4.69) is 0 Å². The lowest BCUT2D eigenvalue weighted by Crippen LogP contribution is -2.60. The molecule has 1 aromatic carbocycles. The molecule has 2 heterocycles. The molecule has 0 radical (unpaired) electrons. The fourth-order valence-corrected chi connectivity index (χ4v) is 7.81. The summed E-state index contributed by atoms with van der Waals surface area (Å²) in [6.07, 6.45) is 1.76. The average Bonchev–Trinajstić information content (AvgIpc) is 3.15. The fraction of sp³-hybridized carbons (Fsp3) is 0.480. The van der Waals surface area contributed by atoms with E-state index >= 15 is 0 Å². The molecule has 9 nitrogen and oxygen atoms in total. The zero-order chi connectivity index (χ0) is 27.0. The van der Waals surface area contributed by atoms with E-state index in [0.29, 0.717) is 11.1 Å². The Hall–Kier alpha value is -2.62. The number of benzene rings is 1. The second-order valence-corrected chi connectivity index (χ2v) is 11.7. The third kappa shape index (κ3) is 3.47. The third-order valence-electron chi connectivity index (χ3n) is 8.17. The molecule has 4 aliphatic rings. The predicted octanol–water partition coefficient (Wildman–Crippen LogP) is 2.90. The molecule has 196 valence electrons. The van der Waals surface area contributed by atoms with Crippen LogP contribution in [0.25, 0.3) is 0 Å². The van der Waals surface area contributed by atoms with Crippen LogP contribution in [0.15, 0.2) is 29.8 Å². The van der Waals surface area contributed by atoms with E-state index < -0.39 is 63.0 Å². The Morgan fingerprint density at radius 2 is 1.81 bits per heavy atom. The molecule has 0 spiro atoms. The fourth-order valence-electron chi connectivity index (χ4n) is 6.51. The summed E-state index contributed by atoms with van der Waals surface area (Å²) in [6.45, 7) is -0.0299. The molecule has 6 atom stereocenters. The number of phenolic OH excluding ortho intramolecular Hbond substituents is 1. The van der Waals surface area contributed by atoms with Crippen molar-refractivity contribution in [3.63, 3.8) is 0 Å². The SMILES string of the molecule is CN1C(=O)C2(Cl)CC3C(=CCC4C(=O)N(CCCC(=O)O)C(=O)C43)C(c3ccc(O)cc3Cl)C2(Cl)C1=O. The van der Waals surface area contributed by atoms with Gasteiger partial charge in [0, 0.05) is 31.0 Å². The summed E-state index contributed by atoms with van der Waals surface area (Å²) in [5, 5.41) is 19.0. The Morgan fingerprint density at radius 1 is 1.11 bits per heavy atom. The normalized spacial score (nSPS) is 34.9. The maximum atomic E-state index is 13.6. The number of hydrogen-bond donors (Lipinski definition) is 2. The number of hydrogen-bond acceptors (Lipinski definition) is 6. The first kappa shape index (κ1) is 26.0. The van der Waals surface area contributed by atoms with Crippen LogP contribution in [-0.2, 0) is 24.0 Å². The van der Waals surface area contributed by atoms with Crippen molar-refractivity contribution >= 4 is 64.4 Å². The summed E-state index contributed by atoms with van der Waals surface area (Å²) in [6, 6.07) is 4.18. The van der Waals surface area contributed by atoms with Crippen LogP contribution < -0.4 is 0 Å². The first-order valence-corrected chi connectivity index (χ1v) is 12.9. The largest absolute Gasteiger partial charge is 0.508 e. The van der Waals surface area contributed by atoms with Gasteiger partial charge in [-0.3, -0.25) is 33.8 Å². The number of nitrogens with zero attached hydrogens (tertiary/aromatic N) is 2. The Kier molecular flexibility index (Phi) is 6.12. The van der Waals surface area contributed by atoms with Crippen molar-refractivity contribution in [2.24, 2.45) is 17.8 Å². The van der Waals surface area contributed by atoms with Crippen molar-refractivity contribution in [2.45, 2.75) is 41.3 Å². The summed E-state index contributed by atoms with van der Waals surface area (Å²) in [4.78, 5) is 62.6. The molecular weight excluding hydrogens is 547 g/mol. The number of fused-ring (bicyclic) bond motifs is 4. The molecule has 2 N–H and O–H groups in total. The topological polar surface area (TPSA) is 132 Å². The number of imide groups is 2. The summed E-state index contributed by atoms with van der Waals surface area (Å²) in [5.74, 6) is -6.65. The number of rotatable bonds is 5. The van der Waals surface area contributed by atoms with E-state index in [9.17, 15) is 29.1 Å². The molecule has 2 aliphatic heterocycles. The van der Waals surface area contributed by atoms with Crippen molar-refractivity contribution in [2.75, 3.05) is 13.6 Å². The number of aromatic hydroxyl groups is 1. The van der Waals surface area contributed by atoms with Crippen molar-refractivity contribution < 1.29 is 34.2 Å². The van der Waals surface area contributed by atoms with E-state index in [0.717, 1.165) is 9.80 Å². The number of carboxylic acids is 1. The Labute approximate surface area is 226 Å². The van der Waals surface area contributed by atoms with Gasteiger partial charge in [0.15, 0.2) is 9.75 Å². The highest BCUT2D eigenvalue weighted by molar-refractivity contribution is 6.53. The predicted molar refractivity (Wildman–Crippen MR) is 132 cm³/mol. The van der Waals surface area contributed by atoms with Crippen LogP contribution in [-0.4, -0.2) is 73.0 Å². The van der Waals surface area contributed by atoms with E-state index in [-0.39, 0.29) is 43.0 Å². The highest BCUT2D eigenvalue weighted by atomic mass is 35.5. The van der Waals surface area contributed by atoms with Crippen LogP contribution in [0.4, 0.5) is 0 Å². The smallest absolute Gasteiger partial charge is 0.303 e. The van der Waals surface area contributed by atoms with Gasteiger partial charge < -0.3 is 10.2 Å². The first-order chi connectivity index (χ1) is 17.3. The van der Waals surface area contributed by atoms with Crippen LogP contribution in [0, 0.1) is 17.8 Å². The van der Waals surface area contributed by atoms with Gasteiger partial charge in [0.25, 0.3) is 11.8 Å². The number of carbonyl (C=O) groups is 5. The molecule has 4 amide bonds. The van der Waals surface area contributed by atoms with Gasteiger partial charge >= 0.3 is 5.97 Å². The number of allylic oxidation sites excluding steroid dienone is 2. The summed E-state index contributed by atoms with van der Waals surface area (Å²) in [7, 11) is 1.29. The van der Waals surface area contributed by atoms with Gasteiger partial charge in [-0.2, -0.15) is 0 Å². The highest BCUT2D eigenvalue weighted by Gasteiger charge is 2.76. The maximum absolute atomic E-state index is 13.6. The molecule has 1 saturated carbocycles. The molecule has 3 fully saturated rings. The minimum absolute atomic E-state index is 0.0299. The minimum Gasteiger partial charge on any atom is -0.508 e.